The highest BCUT2D eigenvalue weighted by Gasteiger charge is 2.24. The van der Waals surface area contributed by atoms with Crippen molar-refractivity contribution >= 4 is 39.2 Å². The Labute approximate surface area is 204 Å². The predicted octanol–water partition coefficient (Wildman–Crippen LogP) is 7.10. The number of hydrogen-bond acceptors (Lipinski definition) is 4. The Morgan fingerprint density at radius 1 is 1.03 bits per heavy atom. The number of nitrogens with one attached hydrogen (secondary N) is 1. The fourth-order valence-corrected chi connectivity index (χ4v) is 5.05. The smallest absolute Gasteiger partial charge is 0.134 e. The van der Waals surface area contributed by atoms with Gasteiger partial charge in [-0.1, -0.05) is 58.7 Å². The lowest BCUT2D eigenvalue weighted by molar-refractivity contribution is 0.543. The minimum Gasteiger partial charge on any atom is -0.367 e. The van der Waals surface area contributed by atoms with Gasteiger partial charge in [-0.05, 0) is 67.5 Å². The van der Waals surface area contributed by atoms with Crippen molar-refractivity contribution in [2.24, 2.45) is 0 Å². The number of nitrogens with zero attached hydrogens (tertiary/aromatic N) is 3. The summed E-state index contributed by atoms with van der Waals surface area (Å²) in [6.45, 7) is 4.38. The normalized spacial score (nSPS) is 15.9. The van der Waals surface area contributed by atoms with Gasteiger partial charge in [0.05, 0.1) is 0 Å². The Hall–Kier alpha value is -2.11. The van der Waals surface area contributed by atoms with Crippen molar-refractivity contribution in [3.8, 4) is 0 Å². The number of piperidine rings is 1. The maximum absolute atomic E-state index is 6.13. The molecule has 0 spiro atoms. The van der Waals surface area contributed by atoms with Crippen LogP contribution in [0.1, 0.15) is 49.7 Å². The molecular weight excluding hydrogens is 484 g/mol. The van der Waals surface area contributed by atoms with E-state index in [9.17, 15) is 0 Å². The summed E-state index contributed by atoms with van der Waals surface area (Å²) in [6, 6.07) is 19.2. The van der Waals surface area contributed by atoms with Crippen LogP contribution in [0.25, 0.3) is 0 Å². The molecule has 2 atom stereocenters. The topological polar surface area (TPSA) is 41.0 Å². The van der Waals surface area contributed by atoms with Gasteiger partial charge in [0.1, 0.15) is 18.0 Å². The summed E-state index contributed by atoms with van der Waals surface area (Å²) >= 11 is 9.78. The average molecular weight is 514 g/mol. The first-order valence-corrected chi connectivity index (χ1v) is 12.6. The second-order valence-electron chi connectivity index (χ2n) is 8.46. The summed E-state index contributed by atoms with van der Waals surface area (Å²) in [6.07, 6.45) is 7.36. The Morgan fingerprint density at radius 2 is 1.81 bits per heavy atom. The molecule has 1 saturated heterocycles. The Morgan fingerprint density at radius 3 is 2.53 bits per heavy atom. The Kier molecular flexibility index (Phi) is 8.04. The second kappa shape index (κ2) is 11.2. The summed E-state index contributed by atoms with van der Waals surface area (Å²) < 4.78 is 1.10. The molecule has 2 heterocycles. The van der Waals surface area contributed by atoms with E-state index in [0.29, 0.717) is 0 Å². The third-order valence-electron chi connectivity index (χ3n) is 6.24. The van der Waals surface area contributed by atoms with Crippen LogP contribution in [0.15, 0.2) is 65.4 Å². The lowest BCUT2D eigenvalue weighted by atomic mass is 9.84. The molecule has 1 aliphatic rings. The van der Waals surface area contributed by atoms with Crippen LogP contribution in [0.2, 0.25) is 5.02 Å². The van der Waals surface area contributed by atoms with Crippen molar-refractivity contribution in [2.45, 2.75) is 51.0 Å². The van der Waals surface area contributed by atoms with E-state index < -0.39 is 0 Å². The highest BCUT2D eigenvalue weighted by atomic mass is 79.9. The molecule has 0 saturated carbocycles. The van der Waals surface area contributed by atoms with Gasteiger partial charge in [0.15, 0.2) is 0 Å². The van der Waals surface area contributed by atoms with Crippen LogP contribution in [0.5, 0.6) is 0 Å². The van der Waals surface area contributed by atoms with Crippen molar-refractivity contribution in [1.82, 2.24) is 9.97 Å². The Bertz CT molecular complexity index is 1000. The van der Waals surface area contributed by atoms with Crippen LogP contribution in [0, 0.1) is 0 Å². The van der Waals surface area contributed by atoms with Crippen molar-refractivity contribution in [1.29, 1.82) is 0 Å². The minimum absolute atomic E-state index is 0.226. The molecule has 6 heteroatoms. The van der Waals surface area contributed by atoms with Gasteiger partial charge in [0.25, 0.3) is 0 Å². The largest absolute Gasteiger partial charge is 0.367 e. The predicted molar refractivity (Wildman–Crippen MR) is 138 cm³/mol. The molecule has 1 fully saturated rings. The summed E-state index contributed by atoms with van der Waals surface area (Å²) in [5, 5.41) is 4.51. The quantitative estimate of drug-likeness (QED) is 0.349. The van der Waals surface area contributed by atoms with Gasteiger partial charge in [-0.2, -0.15) is 0 Å². The maximum Gasteiger partial charge on any atom is 0.134 e. The zero-order valence-corrected chi connectivity index (χ0v) is 20.8. The van der Waals surface area contributed by atoms with Gasteiger partial charge in [-0.25, -0.2) is 9.97 Å². The first kappa shape index (κ1) is 23.1. The standard InChI is InChI=1S/C26H30BrClN4/c1-2-24(31-25-17-26(30-18-29-25)32-13-4-3-5-14-32)23(20-7-6-8-21(27)16-20)15-19-9-11-22(28)12-10-19/h6-12,16-18,23-24H,2-5,13-15H2,1H3,(H,29,30,31)/t23-,24-/m0/s1. The molecule has 2 aromatic carbocycles. The van der Waals surface area contributed by atoms with Crippen LogP contribution in [-0.2, 0) is 6.42 Å². The highest BCUT2D eigenvalue weighted by Crippen LogP contribution is 2.31. The van der Waals surface area contributed by atoms with Gasteiger partial charge in [0, 0.05) is 40.6 Å². The zero-order valence-electron chi connectivity index (χ0n) is 18.5. The van der Waals surface area contributed by atoms with E-state index in [2.05, 4.69) is 85.5 Å². The van der Waals surface area contributed by atoms with Gasteiger partial charge in [0.2, 0.25) is 0 Å². The minimum atomic E-state index is 0.226. The first-order chi connectivity index (χ1) is 15.6. The van der Waals surface area contributed by atoms with Crippen LogP contribution in [0.4, 0.5) is 11.6 Å². The lowest BCUT2D eigenvalue weighted by Gasteiger charge is -2.30. The molecule has 0 radical (unpaired) electrons. The zero-order chi connectivity index (χ0) is 22.3. The second-order valence-corrected chi connectivity index (χ2v) is 9.81. The van der Waals surface area contributed by atoms with Crippen molar-refractivity contribution < 1.29 is 0 Å². The van der Waals surface area contributed by atoms with Crippen molar-refractivity contribution in [2.75, 3.05) is 23.3 Å². The highest BCUT2D eigenvalue weighted by molar-refractivity contribution is 9.10. The molecule has 4 nitrogen and oxygen atoms in total. The van der Waals surface area contributed by atoms with Crippen LogP contribution in [-0.4, -0.2) is 29.1 Å². The molecule has 0 aliphatic carbocycles. The van der Waals surface area contributed by atoms with E-state index in [0.717, 1.165) is 47.1 Å². The van der Waals surface area contributed by atoms with Gasteiger partial charge < -0.3 is 10.2 Å². The van der Waals surface area contributed by atoms with E-state index in [1.165, 1.54) is 30.4 Å². The van der Waals surface area contributed by atoms with E-state index in [1.54, 1.807) is 6.33 Å². The van der Waals surface area contributed by atoms with E-state index in [1.807, 2.05) is 12.1 Å². The fraction of sp³-hybridized carbons (Fsp3) is 0.385. The molecular formula is C26H30BrClN4. The maximum atomic E-state index is 6.13. The molecule has 4 rings (SSSR count). The number of rotatable bonds is 8. The molecule has 1 N–H and O–H groups in total. The molecule has 0 unspecified atom stereocenters. The summed E-state index contributed by atoms with van der Waals surface area (Å²) in [7, 11) is 0. The molecule has 0 bridgehead atoms. The third kappa shape index (κ3) is 6.02. The first-order valence-electron chi connectivity index (χ1n) is 11.5. The van der Waals surface area contributed by atoms with Gasteiger partial charge >= 0.3 is 0 Å². The molecule has 3 aromatic rings. The lowest BCUT2D eigenvalue weighted by Crippen LogP contribution is -2.31. The molecule has 1 aliphatic heterocycles. The van der Waals surface area contributed by atoms with Crippen molar-refractivity contribution in [3.05, 3.63) is 81.5 Å². The van der Waals surface area contributed by atoms with Gasteiger partial charge in [-0.3, -0.25) is 0 Å². The van der Waals surface area contributed by atoms with Crippen LogP contribution >= 0.6 is 27.5 Å². The number of aromatic nitrogens is 2. The molecule has 1 aromatic heterocycles. The summed E-state index contributed by atoms with van der Waals surface area (Å²) in [5.74, 6) is 2.20. The van der Waals surface area contributed by atoms with Crippen LogP contribution < -0.4 is 10.2 Å². The van der Waals surface area contributed by atoms with Gasteiger partial charge in [-0.15, -0.1) is 0 Å². The Balaban J connectivity index is 1.59. The molecule has 168 valence electrons. The van der Waals surface area contributed by atoms with E-state index in [4.69, 9.17) is 11.6 Å². The fourth-order valence-electron chi connectivity index (χ4n) is 4.50. The van der Waals surface area contributed by atoms with Crippen LogP contribution in [0.3, 0.4) is 0 Å². The number of benzene rings is 2. The number of halogens is 2. The molecule has 32 heavy (non-hydrogen) atoms. The third-order valence-corrected chi connectivity index (χ3v) is 6.98. The SMILES string of the molecule is CC[C@H](Nc1cc(N2CCCCC2)ncn1)[C@@H](Cc1ccc(Cl)cc1)c1cccc(Br)c1. The monoisotopic (exact) mass is 512 g/mol. The van der Waals surface area contributed by atoms with Crippen molar-refractivity contribution in [3.63, 3.8) is 0 Å². The summed E-state index contributed by atoms with van der Waals surface area (Å²) in [4.78, 5) is 11.5. The van der Waals surface area contributed by atoms with E-state index >= 15 is 0 Å². The number of anilines is 2. The van der Waals surface area contributed by atoms with E-state index in [-0.39, 0.29) is 12.0 Å². The average Bonchev–Trinajstić information content (AvgIpc) is 2.83. The molecule has 0 amide bonds. The number of hydrogen-bond donors (Lipinski definition) is 1. The summed E-state index contributed by atoms with van der Waals surface area (Å²) in [5.41, 5.74) is 2.58.